The number of sulfone groups is 1. The highest BCUT2D eigenvalue weighted by Gasteiger charge is 2.34. The Kier molecular flexibility index (Phi) is 6.46. The van der Waals surface area contributed by atoms with E-state index >= 15 is 0 Å². The van der Waals surface area contributed by atoms with Crippen LogP contribution < -0.4 is 16.6 Å². The first-order chi connectivity index (χ1) is 15.9. The third kappa shape index (κ3) is 4.56. The quantitative estimate of drug-likeness (QED) is 0.231. The van der Waals surface area contributed by atoms with Crippen molar-refractivity contribution in [3.8, 4) is 11.1 Å². The Labute approximate surface area is 207 Å². The normalized spacial score (nSPS) is 15.1. The summed E-state index contributed by atoms with van der Waals surface area (Å²) >= 11 is 2.07. The van der Waals surface area contributed by atoms with E-state index in [0.717, 1.165) is 9.64 Å². The molecule has 0 spiro atoms. The van der Waals surface area contributed by atoms with Crippen LogP contribution in [0.1, 0.15) is 5.56 Å². The van der Waals surface area contributed by atoms with Gasteiger partial charge in [-0.3, -0.25) is 0 Å². The molecule has 1 aliphatic rings. The predicted molar refractivity (Wildman–Crippen MR) is 133 cm³/mol. The molecule has 0 fully saturated rings. The zero-order valence-electron chi connectivity index (χ0n) is 17.3. The monoisotopic (exact) mass is 618 g/mol. The van der Waals surface area contributed by atoms with Gasteiger partial charge in [-0.25, -0.2) is 32.0 Å². The Balaban J connectivity index is 2.14. The number of azo groups is 1. The molecule has 0 bridgehead atoms. The molecule has 1 aliphatic heterocycles. The lowest BCUT2D eigenvalue weighted by Crippen LogP contribution is -2.30. The fraction of sp³-hybridized carbons (Fsp3) is 0.222. The molecule has 0 radical (unpaired) electrons. The zero-order chi connectivity index (χ0) is 24.8. The van der Waals surface area contributed by atoms with E-state index in [1.807, 2.05) is 0 Å². The minimum atomic E-state index is -4.65. The number of sulfonamides is 1. The van der Waals surface area contributed by atoms with Crippen molar-refractivity contribution in [3.63, 3.8) is 0 Å². The summed E-state index contributed by atoms with van der Waals surface area (Å²) in [6.45, 7) is -0.407. The molecular formula is C18H19IN8O5S2. The van der Waals surface area contributed by atoms with Crippen LogP contribution in [0.15, 0.2) is 49.3 Å². The molecule has 0 aliphatic carbocycles. The van der Waals surface area contributed by atoms with Crippen LogP contribution in [0.25, 0.3) is 22.2 Å². The van der Waals surface area contributed by atoms with E-state index in [1.165, 1.54) is 6.07 Å². The smallest absolute Gasteiger partial charge is 0.240 e. The highest BCUT2D eigenvalue weighted by Crippen LogP contribution is 2.38. The molecule has 0 unspecified atom stereocenters. The number of imidazole rings is 1. The summed E-state index contributed by atoms with van der Waals surface area (Å²) in [5.41, 5.74) is 12.8. The van der Waals surface area contributed by atoms with Crippen molar-refractivity contribution in [1.29, 1.82) is 0 Å². The molecule has 2 aromatic carbocycles. The number of aliphatic imine (C=N–C) groups is 1. The fourth-order valence-electron chi connectivity index (χ4n) is 3.61. The van der Waals surface area contributed by atoms with Crippen LogP contribution in [0, 0.1) is 3.57 Å². The van der Waals surface area contributed by atoms with Gasteiger partial charge in [0.15, 0.2) is 28.3 Å². The van der Waals surface area contributed by atoms with Crippen LogP contribution >= 0.6 is 22.6 Å². The Morgan fingerprint density at radius 3 is 2.53 bits per heavy atom. The van der Waals surface area contributed by atoms with Gasteiger partial charge in [0.05, 0.1) is 33.3 Å². The number of fused-ring (bicyclic) bond motifs is 1. The first kappa shape index (κ1) is 24.6. The average molecular weight is 618 g/mol. The summed E-state index contributed by atoms with van der Waals surface area (Å²) in [4.78, 5) is 10.0. The number of aliphatic hydroxyl groups is 1. The number of aromatic amines is 1. The molecule has 0 saturated carbocycles. The number of hydrogen-bond donors (Lipinski definition) is 5. The van der Waals surface area contributed by atoms with Gasteiger partial charge < -0.3 is 21.6 Å². The van der Waals surface area contributed by atoms with Crippen LogP contribution in [-0.4, -0.2) is 62.8 Å². The standard InChI is InChI=1S/C18H19IN8O5S2/c19-8-3-11(15-12(4-8)25-18(21)26-15)10-1-2-13(33(29,30)6-9(28)5-20)16(34(22,31)32)14(10)17-23-7-24-27-17/h1-4,9,28H,5-7,20H2,(H3,21,25,26)(H2,22,31,32)/t9-/m1/s1. The molecule has 1 atom stereocenters. The summed E-state index contributed by atoms with van der Waals surface area (Å²) < 4.78 is 52.6. The lowest BCUT2D eigenvalue weighted by atomic mass is 9.97. The van der Waals surface area contributed by atoms with E-state index in [2.05, 4.69) is 47.8 Å². The van der Waals surface area contributed by atoms with Crippen molar-refractivity contribution in [2.24, 2.45) is 26.1 Å². The van der Waals surface area contributed by atoms with E-state index in [4.69, 9.17) is 16.6 Å². The summed E-state index contributed by atoms with van der Waals surface area (Å²) in [7, 11) is -8.99. The predicted octanol–water partition coefficient (Wildman–Crippen LogP) is 0.327. The number of H-pyrrole nitrogens is 1. The number of nitrogens with one attached hydrogen (secondary N) is 1. The molecular weight excluding hydrogens is 599 g/mol. The third-order valence-corrected chi connectivity index (χ3v) is 8.54. The molecule has 8 N–H and O–H groups in total. The third-order valence-electron chi connectivity index (χ3n) is 4.96. The van der Waals surface area contributed by atoms with Gasteiger partial charge >= 0.3 is 0 Å². The van der Waals surface area contributed by atoms with Crippen molar-refractivity contribution < 1.29 is 21.9 Å². The van der Waals surface area contributed by atoms with Crippen molar-refractivity contribution in [2.75, 3.05) is 24.7 Å². The molecule has 180 valence electrons. The minimum absolute atomic E-state index is 0.0706. The SMILES string of the molecule is NC[C@@H](O)CS(=O)(=O)c1ccc(-c2cc(I)cc3[nH]c(N)nc23)c(C2=NCN=N2)c1S(N)(=O)=O. The van der Waals surface area contributed by atoms with Gasteiger partial charge in [-0.15, -0.1) is 5.11 Å². The maximum absolute atomic E-state index is 13.1. The molecule has 16 heteroatoms. The number of aromatic nitrogens is 2. The van der Waals surface area contributed by atoms with E-state index in [0.29, 0.717) is 16.6 Å². The maximum atomic E-state index is 13.1. The summed E-state index contributed by atoms with van der Waals surface area (Å²) in [6.07, 6.45) is -1.41. The van der Waals surface area contributed by atoms with Crippen molar-refractivity contribution in [2.45, 2.75) is 15.9 Å². The topological polar surface area (TPSA) is 232 Å². The van der Waals surface area contributed by atoms with Crippen LogP contribution in [0.3, 0.4) is 0 Å². The number of nitrogen functional groups attached to an aromatic ring is 1. The van der Waals surface area contributed by atoms with Gasteiger partial charge in [0.1, 0.15) is 4.90 Å². The Bertz CT molecular complexity index is 1580. The number of nitrogens with zero attached hydrogens (tertiary/aromatic N) is 4. The lowest BCUT2D eigenvalue weighted by molar-refractivity contribution is 0.205. The van der Waals surface area contributed by atoms with E-state index in [9.17, 15) is 21.9 Å². The number of benzene rings is 2. The molecule has 4 rings (SSSR count). The molecule has 3 aromatic rings. The van der Waals surface area contributed by atoms with Gasteiger partial charge in [0.25, 0.3) is 0 Å². The van der Waals surface area contributed by atoms with Crippen molar-refractivity contribution in [1.82, 2.24) is 9.97 Å². The summed E-state index contributed by atoms with van der Waals surface area (Å²) in [5.74, 6) is -0.771. The number of amidine groups is 1. The Hall–Kier alpha value is -2.51. The second-order valence-electron chi connectivity index (χ2n) is 7.37. The van der Waals surface area contributed by atoms with Gasteiger partial charge in [0.2, 0.25) is 10.0 Å². The van der Waals surface area contributed by atoms with Crippen LogP contribution in [0.5, 0.6) is 0 Å². The second-order valence-corrected chi connectivity index (χ2v) is 12.1. The van der Waals surface area contributed by atoms with E-state index in [-0.39, 0.29) is 36.1 Å². The number of aliphatic hydroxyl groups excluding tert-OH is 1. The molecule has 2 heterocycles. The van der Waals surface area contributed by atoms with Gasteiger partial charge in [-0.05, 0) is 46.4 Å². The largest absolute Gasteiger partial charge is 0.391 e. The Morgan fingerprint density at radius 2 is 1.91 bits per heavy atom. The van der Waals surface area contributed by atoms with Crippen LogP contribution in [0.2, 0.25) is 0 Å². The Morgan fingerprint density at radius 1 is 1.18 bits per heavy atom. The number of hydrogen-bond acceptors (Lipinski definition) is 11. The number of halogens is 1. The van der Waals surface area contributed by atoms with Crippen molar-refractivity contribution >= 4 is 65.3 Å². The number of nitrogens with two attached hydrogens (primary N) is 3. The molecule has 0 amide bonds. The minimum Gasteiger partial charge on any atom is -0.391 e. The summed E-state index contributed by atoms with van der Waals surface area (Å²) in [6, 6.07) is 6.06. The van der Waals surface area contributed by atoms with Crippen LogP contribution in [-0.2, 0) is 19.9 Å². The molecule has 13 nitrogen and oxygen atoms in total. The first-order valence-corrected chi connectivity index (χ1v) is 13.9. The van der Waals surface area contributed by atoms with Crippen LogP contribution in [0.4, 0.5) is 5.95 Å². The maximum Gasteiger partial charge on any atom is 0.240 e. The van der Waals surface area contributed by atoms with E-state index in [1.54, 1.807) is 12.1 Å². The zero-order valence-corrected chi connectivity index (χ0v) is 21.1. The highest BCUT2D eigenvalue weighted by molar-refractivity contribution is 14.1. The molecule has 1 aromatic heterocycles. The van der Waals surface area contributed by atoms with Gasteiger partial charge in [-0.1, -0.05) is 6.07 Å². The molecule has 0 saturated heterocycles. The lowest BCUT2D eigenvalue weighted by Gasteiger charge is -2.18. The summed E-state index contributed by atoms with van der Waals surface area (Å²) in [5, 5.41) is 23.1. The number of anilines is 1. The fourth-order valence-corrected chi connectivity index (χ4v) is 7.28. The molecule has 34 heavy (non-hydrogen) atoms. The van der Waals surface area contributed by atoms with Gasteiger partial charge in [0, 0.05) is 15.7 Å². The highest BCUT2D eigenvalue weighted by atomic mass is 127. The number of rotatable bonds is 7. The second kappa shape index (κ2) is 8.93. The van der Waals surface area contributed by atoms with Gasteiger partial charge in [-0.2, -0.15) is 5.11 Å². The van der Waals surface area contributed by atoms with E-state index < -0.39 is 41.5 Å². The average Bonchev–Trinajstić information content (AvgIpc) is 3.40. The number of primary sulfonamides is 1. The first-order valence-electron chi connectivity index (χ1n) is 9.60. The van der Waals surface area contributed by atoms with Crippen molar-refractivity contribution in [3.05, 3.63) is 33.4 Å².